The Morgan fingerprint density at radius 2 is 1.92 bits per heavy atom. The molecule has 5 nitrogen and oxygen atoms in total. The summed E-state index contributed by atoms with van der Waals surface area (Å²) in [4.78, 5) is 25.1. The molecule has 2 rings (SSSR count). The van der Waals surface area contributed by atoms with E-state index in [0.717, 1.165) is 19.3 Å². The maximum atomic E-state index is 12.6. The Kier molecular flexibility index (Phi) is 6.96. The normalized spacial score (nSPS) is 17.4. The zero-order valence-electron chi connectivity index (χ0n) is 14.5. The number of nitrogens with one attached hydrogen (secondary N) is 2. The lowest BCUT2D eigenvalue weighted by atomic mass is 9.80. The predicted molar refractivity (Wildman–Crippen MR) is 99.2 cm³/mol. The second-order valence-electron chi connectivity index (χ2n) is 6.33. The van der Waals surface area contributed by atoms with E-state index in [1.54, 1.807) is 25.1 Å². The Bertz CT molecular complexity index is 631. The number of rotatable bonds is 6. The third kappa shape index (κ3) is 5.02. The predicted octanol–water partition coefficient (Wildman–Crippen LogP) is 3.72. The zero-order valence-corrected chi connectivity index (χ0v) is 16.0. The van der Waals surface area contributed by atoms with E-state index >= 15 is 0 Å². The molecule has 0 saturated heterocycles. The van der Waals surface area contributed by atoms with E-state index in [2.05, 4.69) is 10.6 Å². The molecule has 2 amide bonds. The van der Waals surface area contributed by atoms with Gasteiger partial charge in [-0.15, -0.1) is 0 Å². The molecule has 0 bridgehead atoms. The number of carbonyl (C=O) groups is 2. The van der Waals surface area contributed by atoms with E-state index in [0.29, 0.717) is 35.2 Å². The first-order chi connectivity index (χ1) is 11.9. The van der Waals surface area contributed by atoms with Crippen molar-refractivity contribution in [3.63, 3.8) is 0 Å². The minimum Gasteiger partial charge on any atom is -0.479 e. The SMILES string of the molecule is CCNC(=O)C1(NC(=O)C(C)Oc2ccc(Cl)cc2Cl)CCCCC1. The van der Waals surface area contributed by atoms with Crippen molar-refractivity contribution in [3.05, 3.63) is 28.2 Å². The van der Waals surface area contributed by atoms with Crippen LogP contribution in [0, 0.1) is 0 Å². The van der Waals surface area contributed by atoms with Crippen molar-refractivity contribution in [3.8, 4) is 5.75 Å². The summed E-state index contributed by atoms with van der Waals surface area (Å²) in [5, 5.41) is 6.59. The van der Waals surface area contributed by atoms with Crippen LogP contribution in [0.25, 0.3) is 0 Å². The molecule has 0 aliphatic heterocycles. The summed E-state index contributed by atoms with van der Waals surface area (Å²) in [5.74, 6) is -0.0802. The summed E-state index contributed by atoms with van der Waals surface area (Å²) in [6.07, 6.45) is 3.39. The molecule has 1 saturated carbocycles. The van der Waals surface area contributed by atoms with Gasteiger partial charge in [0.2, 0.25) is 5.91 Å². The Morgan fingerprint density at radius 1 is 1.24 bits per heavy atom. The van der Waals surface area contributed by atoms with Gasteiger partial charge in [0.25, 0.3) is 5.91 Å². The highest BCUT2D eigenvalue weighted by Crippen LogP contribution is 2.30. The molecular formula is C18H24Cl2N2O3. The third-order valence-electron chi connectivity index (χ3n) is 4.41. The number of carbonyl (C=O) groups excluding carboxylic acids is 2. The van der Waals surface area contributed by atoms with Crippen LogP contribution in [0.1, 0.15) is 46.0 Å². The van der Waals surface area contributed by atoms with Gasteiger partial charge >= 0.3 is 0 Å². The van der Waals surface area contributed by atoms with Crippen molar-refractivity contribution < 1.29 is 14.3 Å². The lowest BCUT2D eigenvalue weighted by Crippen LogP contribution is -2.61. The summed E-state index contributed by atoms with van der Waals surface area (Å²) in [7, 11) is 0. The van der Waals surface area contributed by atoms with E-state index < -0.39 is 11.6 Å². The van der Waals surface area contributed by atoms with Gasteiger partial charge in [0.15, 0.2) is 6.10 Å². The number of hydrogen-bond acceptors (Lipinski definition) is 3. The fourth-order valence-electron chi connectivity index (χ4n) is 3.05. The molecule has 1 unspecified atom stereocenters. The first kappa shape index (κ1) is 19.9. The van der Waals surface area contributed by atoms with Gasteiger partial charge in [0, 0.05) is 11.6 Å². The van der Waals surface area contributed by atoms with Crippen LogP contribution in [0.3, 0.4) is 0 Å². The minimum absolute atomic E-state index is 0.125. The van der Waals surface area contributed by atoms with Gasteiger partial charge in [0.1, 0.15) is 11.3 Å². The molecule has 0 radical (unpaired) electrons. The van der Waals surface area contributed by atoms with Crippen molar-refractivity contribution in [2.75, 3.05) is 6.54 Å². The smallest absolute Gasteiger partial charge is 0.261 e. The quantitative estimate of drug-likeness (QED) is 0.782. The molecule has 7 heteroatoms. The van der Waals surface area contributed by atoms with Crippen molar-refractivity contribution >= 4 is 35.0 Å². The topological polar surface area (TPSA) is 67.4 Å². The molecule has 0 spiro atoms. The summed E-state index contributed by atoms with van der Waals surface area (Å²) < 4.78 is 5.65. The number of likely N-dealkylation sites (N-methyl/N-ethyl adjacent to an activating group) is 1. The van der Waals surface area contributed by atoms with Crippen LogP contribution in [0.4, 0.5) is 0 Å². The summed E-state index contributed by atoms with van der Waals surface area (Å²) in [5.41, 5.74) is -0.854. The second kappa shape index (κ2) is 8.77. The Balaban J connectivity index is 2.07. The van der Waals surface area contributed by atoms with Crippen molar-refractivity contribution in [2.24, 2.45) is 0 Å². The molecular weight excluding hydrogens is 363 g/mol. The van der Waals surface area contributed by atoms with Crippen molar-refractivity contribution in [1.82, 2.24) is 10.6 Å². The third-order valence-corrected chi connectivity index (χ3v) is 4.94. The lowest BCUT2D eigenvalue weighted by Gasteiger charge is -2.37. The first-order valence-corrected chi connectivity index (χ1v) is 9.35. The maximum absolute atomic E-state index is 12.6. The van der Waals surface area contributed by atoms with Crippen molar-refractivity contribution in [2.45, 2.75) is 57.6 Å². The average Bonchev–Trinajstić information content (AvgIpc) is 2.58. The lowest BCUT2D eigenvalue weighted by molar-refractivity contribution is -0.138. The highest BCUT2D eigenvalue weighted by atomic mass is 35.5. The monoisotopic (exact) mass is 386 g/mol. The molecule has 138 valence electrons. The number of halogens is 2. The Labute approximate surface area is 158 Å². The van der Waals surface area contributed by atoms with Crippen molar-refractivity contribution in [1.29, 1.82) is 0 Å². The fourth-order valence-corrected chi connectivity index (χ4v) is 3.50. The Morgan fingerprint density at radius 3 is 2.52 bits per heavy atom. The van der Waals surface area contributed by atoms with Gasteiger partial charge in [0.05, 0.1) is 5.02 Å². The van der Waals surface area contributed by atoms with Crippen LogP contribution in [0.5, 0.6) is 5.75 Å². The summed E-state index contributed by atoms with van der Waals surface area (Å²) >= 11 is 11.9. The van der Waals surface area contributed by atoms with Crippen LogP contribution >= 0.6 is 23.2 Å². The van der Waals surface area contributed by atoms with E-state index in [1.165, 1.54) is 0 Å². The van der Waals surface area contributed by atoms with Crippen LogP contribution in [0.2, 0.25) is 10.0 Å². The van der Waals surface area contributed by atoms with Crippen LogP contribution in [-0.2, 0) is 9.59 Å². The standard InChI is InChI=1S/C18H24Cl2N2O3/c1-3-21-17(24)18(9-5-4-6-10-18)22-16(23)12(2)25-15-8-7-13(19)11-14(15)20/h7-8,11-12H,3-6,9-10H2,1-2H3,(H,21,24)(H,22,23). The molecule has 25 heavy (non-hydrogen) atoms. The average molecular weight is 387 g/mol. The first-order valence-electron chi connectivity index (χ1n) is 8.60. The van der Waals surface area contributed by atoms with Gasteiger partial charge < -0.3 is 15.4 Å². The molecule has 1 aliphatic carbocycles. The minimum atomic E-state index is -0.854. The summed E-state index contributed by atoms with van der Waals surface area (Å²) in [6.45, 7) is 4.03. The number of benzene rings is 1. The van der Waals surface area contributed by atoms with E-state index in [-0.39, 0.29) is 11.8 Å². The molecule has 1 aromatic rings. The van der Waals surface area contributed by atoms with Gasteiger partial charge in [-0.05, 0) is 44.9 Å². The van der Waals surface area contributed by atoms with E-state index in [4.69, 9.17) is 27.9 Å². The molecule has 2 N–H and O–H groups in total. The number of ether oxygens (including phenoxy) is 1. The molecule has 0 aromatic heterocycles. The van der Waals surface area contributed by atoms with Gasteiger partial charge in [-0.2, -0.15) is 0 Å². The fraction of sp³-hybridized carbons (Fsp3) is 0.556. The van der Waals surface area contributed by atoms with E-state index in [1.807, 2.05) is 6.92 Å². The molecule has 0 heterocycles. The van der Waals surface area contributed by atoms with Gasteiger partial charge in [-0.1, -0.05) is 42.5 Å². The number of amides is 2. The Hall–Kier alpha value is -1.46. The zero-order chi connectivity index (χ0) is 18.4. The number of hydrogen-bond donors (Lipinski definition) is 2. The highest BCUT2D eigenvalue weighted by molar-refractivity contribution is 6.35. The van der Waals surface area contributed by atoms with Gasteiger partial charge in [-0.25, -0.2) is 0 Å². The highest BCUT2D eigenvalue weighted by Gasteiger charge is 2.41. The van der Waals surface area contributed by atoms with Crippen LogP contribution < -0.4 is 15.4 Å². The summed E-state index contributed by atoms with van der Waals surface area (Å²) in [6, 6.07) is 4.82. The maximum Gasteiger partial charge on any atom is 0.261 e. The molecule has 1 aromatic carbocycles. The van der Waals surface area contributed by atoms with E-state index in [9.17, 15) is 9.59 Å². The van der Waals surface area contributed by atoms with Crippen LogP contribution in [0.15, 0.2) is 18.2 Å². The van der Waals surface area contributed by atoms with Crippen LogP contribution in [-0.4, -0.2) is 30.0 Å². The molecule has 1 atom stereocenters. The molecule has 1 aliphatic rings. The van der Waals surface area contributed by atoms with Gasteiger partial charge in [-0.3, -0.25) is 9.59 Å². The largest absolute Gasteiger partial charge is 0.479 e. The second-order valence-corrected chi connectivity index (χ2v) is 7.17. The molecule has 1 fully saturated rings.